The smallest absolute Gasteiger partial charge is 0.163 e. The second-order valence-corrected chi connectivity index (χ2v) is 8.60. The van der Waals surface area contributed by atoms with Gasteiger partial charge in [0.2, 0.25) is 0 Å². The highest BCUT2D eigenvalue weighted by Gasteiger charge is 2.24. The number of hydrogen-bond acceptors (Lipinski definition) is 6. The van der Waals surface area contributed by atoms with Gasteiger partial charge in [-0.3, -0.25) is 0 Å². The number of hydrogen-bond donors (Lipinski definition) is 0. The van der Waals surface area contributed by atoms with Gasteiger partial charge in [-0.2, -0.15) is 5.10 Å². The molecule has 2 aliphatic carbocycles. The molecule has 2 aromatic rings. The normalized spacial score (nSPS) is 21.4. The van der Waals surface area contributed by atoms with E-state index in [4.69, 9.17) is 14.8 Å². The van der Waals surface area contributed by atoms with Crippen LogP contribution >= 0.6 is 0 Å². The fourth-order valence-electron chi connectivity index (χ4n) is 5.22. The molecule has 3 aliphatic rings. The van der Waals surface area contributed by atoms with Crippen LogP contribution in [0.2, 0.25) is 0 Å². The third-order valence-electron chi connectivity index (χ3n) is 6.79. The van der Waals surface area contributed by atoms with Gasteiger partial charge in [0.15, 0.2) is 5.65 Å². The van der Waals surface area contributed by atoms with E-state index in [1.54, 1.807) is 13.4 Å². The highest BCUT2D eigenvalue weighted by Crippen LogP contribution is 2.32. The summed E-state index contributed by atoms with van der Waals surface area (Å²) in [6.07, 6.45) is 17.6. The summed E-state index contributed by atoms with van der Waals surface area (Å²) < 4.78 is 7.79. The lowest BCUT2D eigenvalue weighted by Crippen LogP contribution is -2.32. The van der Waals surface area contributed by atoms with Crippen molar-refractivity contribution in [1.82, 2.24) is 24.6 Å². The van der Waals surface area contributed by atoms with E-state index in [0.29, 0.717) is 6.04 Å². The highest BCUT2D eigenvalue weighted by atomic mass is 16.5. The van der Waals surface area contributed by atoms with Gasteiger partial charge in [-0.1, -0.05) is 25.3 Å². The molecule has 2 aromatic heterocycles. The molecule has 160 valence electrons. The van der Waals surface area contributed by atoms with Crippen LogP contribution in [0, 0.1) is 0 Å². The summed E-state index contributed by atoms with van der Waals surface area (Å²) >= 11 is 0. The molecule has 0 unspecified atom stereocenters. The van der Waals surface area contributed by atoms with E-state index in [1.807, 2.05) is 6.20 Å². The Morgan fingerprint density at radius 2 is 1.80 bits per heavy atom. The van der Waals surface area contributed by atoms with E-state index in [1.165, 1.54) is 37.8 Å². The van der Waals surface area contributed by atoms with E-state index in [-0.39, 0.29) is 0 Å². The van der Waals surface area contributed by atoms with Gasteiger partial charge in [0, 0.05) is 26.2 Å². The molecule has 0 aromatic carbocycles. The number of methoxy groups -OCH3 is 1. The van der Waals surface area contributed by atoms with Gasteiger partial charge in [-0.25, -0.2) is 14.6 Å². The quantitative estimate of drug-likeness (QED) is 0.761. The number of nitrogens with zero attached hydrogens (tertiary/aromatic N) is 6. The molecule has 0 bridgehead atoms. The molecule has 0 radical (unpaired) electrons. The zero-order valence-electron chi connectivity index (χ0n) is 18.0. The molecular formula is C23H32N6O. The van der Waals surface area contributed by atoms with Crippen LogP contribution in [-0.2, 0) is 4.74 Å². The number of allylic oxidation sites excluding steroid dienone is 3. The van der Waals surface area contributed by atoms with Gasteiger partial charge in [-0.15, -0.1) is 0 Å². The summed E-state index contributed by atoms with van der Waals surface area (Å²) in [6.45, 7) is 3.99. The fraction of sp³-hybridized carbons (Fsp3) is 0.609. The van der Waals surface area contributed by atoms with Crippen LogP contribution in [-0.4, -0.2) is 57.9 Å². The van der Waals surface area contributed by atoms with Crippen molar-refractivity contribution in [2.45, 2.75) is 57.4 Å². The minimum Gasteiger partial charge on any atom is -0.495 e. The fourth-order valence-corrected chi connectivity index (χ4v) is 5.22. The predicted molar refractivity (Wildman–Crippen MR) is 118 cm³/mol. The lowest BCUT2D eigenvalue weighted by Gasteiger charge is -2.29. The number of rotatable bonds is 4. The minimum atomic E-state index is 0.484. The van der Waals surface area contributed by atoms with Crippen molar-refractivity contribution in [2.75, 3.05) is 38.2 Å². The average molecular weight is 409 g/mol. The molecule has 30 heavy (non-hydrogen) atoms. The van der Waals surface area contributed by atoms with Crippen LogP contribution in [0.3, 0.4) is 0 Å². The number of aromatic nitrogens is 4. The van der Waals surface area contributed by atoms with Crippen LogP contribution in [0.1, 0.15) is 57.4 Å². The third-order valence-corrected chi connectivity index (χ3v) is 6.79. The molecule has 5 rings (SSSR count). The number of fused-ring (bicyclic) bond motifs is 1. The molecule has 0 spiro atoms. The Morgan fingerprint density at radius 3 is 2.67 bits per heavy atom. The first-order chi connectivity index (χ1) is 14.8. The third kappa shape index (κ3) is 3.66. The Balaban J connectivity index is 1.38. The maximum atomic E-state index is 5.63. The molecule has 1 saturated heterocycles. The van der Waals surface area contributed by atoms with Gasteiger partial charge < -0.3 is 14.5 Å². The zero-order valence-corrected chi connectivity index (χ0v) is 18.0. The molecule has 0 atom stereocenters. The first-order valence-corrected chi connectivity index (χ1v) is 11.5. The van der Waals surface area contributed by atoms with Gasteiger partial charge in [0.1, 0.15) is 17.9 Å². The Bertz CT molecular complexity index is 942. The Kier molecular flexibility index (Phi) is 5.60. The van der Waals surface area contributed by atoms with Crippen LogP contribution in [0.4, 0.5) is 5.82 Å². The molecule has 0 N–H and O–H groups in total. The van der Waals surface area contributed by atoms with E-state index < -0.39 is 0 Å². The topological polar surface area (TPSA) is 59.3 Å². The molecule has 2 fully saturated rings. The van der Waals surface area contributed by atoms with Crippen LogP contribution in [0.5, 0.6) is 0 Å². The van der Waals surface area contributed by atoms with Crippen LogP contribution in [0.25, 0.3) is 11.0 Å². The lowest BCUT2D eigenvalue weighted by atomic mass is 9.96. The molecule has 1 aliphatic heterocycles. The maximum absolute atomic E-state index is 5.63. The number of anilines is 1. The minimum absolute atomic E-state index is 0.484. The SMILES string of the molecule is COC1=C(N2CCCN(c3ncnc4c3cnn4C3CCCCC3)CC2)CCC=C1. The second-order valence-electron chi connectivity index (χ2n) is 8.60. The molecule has 3 heterocycles. The van der Waals surface area contributed by atoms with Crippen molar-refractivity contribution in [3.8, 4) is 0 Å². The summed E-state index contributed by atoms with van der Waals surface area (Å²) in [5, 5.41) is 5.84. The van der Waals surface area contributed by atoms with Crippen molar-refractivity contribution in [3.05, 3.63) is 36.1 Å². The monoisotopic (exact) mass is 408 g/mol. The Labute approximate surface area is 178 Å². The van der Waals surface area contributed by atoms with E-state index in [9.17, 15) is 0 Å². The van der Waals surface area contributed by atoms with E-state index >= 15 is 0 Å². The second kappa shape index (κ2) is 8.66. The largest absolute Gasteiger partial charge is 0.495 e. The van der Waals surface area contributed by atoms with Crippen molar-refractivity contribution < 1.29 is 4.74 Å². The maximum Gasteiger partial charge on any atom is 0.163 e. The Morgan fingerprint density at radius 1 is 0.967 bits per heavy atom. The van der Waals surface area contributed by atoms with E-state index in [2.05, 4.69) is 31.6 Å². The lowest BCUT2D eigenvalue weighted by molar-refractivity contribution is 0.262. The van der Waals surface area contributed by atoms with Crippen LogP contribution < -0.4 is 4.90 Å². The summed E-state index contributed by atoms with van der Waals surface area (Å²) in [4.78, 5) is 14.2. The van der Waals surface area contributed by atoms with Gasteiger partial charge in [0.05, 0.1) is 30.4 Å². The number of ether oxygens (including phenoxy) is 1. The van der Waals surface area contributed by atoms with Crippen molar-refractivity contribution >= 4 is 16.9 Å². The predicted octanol–water partition coefficient (Wildman–Crippen LogP) is 4.05. The summed E-state index contributed by atoms with van der Waals surface area (Å²) in [6, 6.07) is 0.484. The van der Waals surface area contributed by atoms with Gasteiger partial charge in [0.25, 0.3) is 0 Å². The Hall–Kier alpha value is -2.57. The highest BCUT2D eigenvalue weighted by molar-refractivity contribution is 5.86. The molecular weight excluding hydrogens is 376 g/mol. The van der Waals surface area contributed by atoms with Gasteiger partial charge in [-0.05, 0) is 38.2 Å². The standard InChI is InChI=1S/C23H32N6O/c1-30-21-11-6-5-10-20(21)27-12-7-13-28(15-14-27)22-19-16-26-29(23(19)25-17-24-22)18-8-3-2-4-9-18/h6,11,16-18H,2-5,7-10,12-15H2,1H3. The zero-order chi connectivity index (χ0) is 20.3. The molecule has 1 saturated carbocycles. The van der Waals surface area contributed by atoms with Crippen molar-refractivity contribution in [2.24, 2.45) is 0 Å². The molecule has 0 amide bonds. The van der Waals surface area contributed by atoms with Crippen molar-refractivity contribution in [1.29, 1.82) is 0 Å². The van der Waals surface area contributed by atoms with E-state index in [0.717, 1.165) is 68.1 Å². The molecule has 7 heteroatoms. The van der Waals surface area contributed by atoms with Crippen LogP contribution in [0.15, 0.2) is 36.1 Å². The summed E-state index contributed by atoms with van der Waals surface area (Å²) in [5.74, 6) is 2.06. The first kappa shape index (κ1) is 19.4. The summed E-state index contributed by atoms with van der Waals surface area (Å²) in [5.41, 5.74) is 2.34. The van der Waals surface area contributed by atoms with Crippen molar-refractivity contribution in [3.63, 3.8) is 0 Å². The summed E-state index contributed by atoms with van der Waals surface area (Å²) in [7, 11) is 1.77. The first-order valence-electron chi connectivity index (χ1n) is 11.5. The average Bonchev–Trinajstić information content (AvgIpc) is 3.10. The van der Waals surface area contributed by atoms with Gasteiger partial charge >= 0.3 is 0 Å². The molecule has 7 nitrogen and oxygen atoms in total.